The number of fused-ring (bicyclic) bond motifs is 1. The lowest BCUT2D eigenvalue weighted by molar-refractivity contribution is -0.117. The number of morpholine rings is 1. The third-order valence-corrected chi connectivity index (χ3v) is 6.28. The van der Waals surface area contributed by atoms with Gasteiger partial charge in [0.25, 0.3) is 0 Å². The van der Waals surface area contributed by atoms with Gasteiger partial charge >= 0.3 is 0 Å². The Bertz CT molecular complexity index is 819. The van der Waals surface area contributed by atoms with Gasteiger partial charge in [0.15, 0.2) is 5.13 Å². The van der Waals surface area contributed by atoms with Crippen molar-refractivity contribution >= 4 is 38.3 Å². The first-order valence-corrected chi connectivity index (χ1v) is 10.2. The van der Waals surface area contributed by atoms with Gasteiger partial charge < -0.3 is 24.8 Å². The maximum Gasteiger partial charge on any atom is 0.226 e. The number of nitrogens with one attached hydrogen (secondary N) is 1. The van der Waals surface area contributed by atoms with Crippen LogP contribution in [0.15, 0.2) is 12.1 Å². The van der Waals surface area contributed by atoms with Crippen LogP contribution in [-0.4, -0.2) is 55.5 Å². The van der Waals surface area contributed by atoms with Gasteiger partial charge in [-0.05, 0) is 37.3 Å². The van der Waals surface area contributed by atoms with Crippen LogP contribution >= 0.6 is 11.3 Å². The standard InChI is InChI=1S/C19H25N3O4S/c1-25-15-5-4-14(22-6-8-26-9-7-22)18-17(15)21-19(27-18)20-16(24)11-12-2-3-13(23)10-12/h4-5,12-13,23H,2-3,6-11H2,1H3,(H,20,21,24)/t12-,13+/m1/s1. The molecule has 4 rings (SSSR count). The molecule has 0 spiro atoms. The molecule has 27 heavy (non-hydrogen) atoms. The van der Waals surface area contributed by atoms with Crippen LogP contribution in [0.5, 0.6) is 5.75 Å². The molecule has 0 unspecified atom stereocenters. The molecule has 1 aromatic carbocycles. The molecule has 146 valence electrons. The van der Waals surface area contributed by atoms with Crippen LogP contribution in [0.1, 0.15) is 25.7 Å². The van der Waals surface area contributed by atoms with Gasteiger partial charge in [-0.1, -0.05) is 11.3 Å². The Labute approximate surface area is 162 Å². The molecule has 2 atom stereocenters. The fourth-order valence-electron chi connectivity index (χ4n) is 3.91. The lowest BCUT2D eigenvalue weighted by Gasteiger charge is -2.29. The average Bonchev–Trinajstić information content (AvgIpc) is 3.27. The summed E-state index contributed by atoms with van der Waals surface area (Å²) in [6, 6.07) is 3.98. The zero-order valence-corrected chi connectivity index (χ0v) is 16.3. The maximum atomic E-state index is 12.4. The summed E-state index contributed by atoms with van der Waals surface area (Å²) in [6.45, 7) is 3.10. The van der Waals surface area contributed by atoms with Gasteiger partial charge in [-0.2, -0.15) is 0 Å². The van der Waals surface area contributed by atoms with E-state index in [0.717, 1.165) is 41.8 Å². The van der Waals surface area contributed by atoms with Crippen molar-refractivity contribution in [2.75, 3.05) is 43.6 Å². The number of carbonyl (C=O) groups excluding carboxylic acids is 1. The minimum Gasteiger partial charge on any atom is -0.494 e. The van der Waals surface area contributed by atoms with Crippen LogP contribution in [0.3, 0.4) is 0 Å². The van der Waals surface area contributed by atoms with Gasteiger partial charge in [0.1, 0.15) is 11.3 Å². The molecule has 1 aromatic heterocycles. The van der Waals surface area contributed by atoms with Crippen molar-refractivity contribution in [2.24, 2.45) is 5.92 Å². The first-order valence-electron chi connectivity index (χ1n) is 9.42. The number of hydrogen-bond donors (Lipinski definition) is 2. The smallest absolute Gasteiger partial charge is 0.226 e. The molecular weight excluding hydrogens is 366 g/mol. The van der Waals surface area contributed by atoms with Crippen LogP contribution in [0.25, 0.3) is 10.2 Å². The molecule has 1 aliphatic heterocycles. The molecule has 1 aliphatic carbocycles. The zero-order chi connectivity index (χ0) is 18.8. The minimum atomic E-state index is -0.259. The van der Waals surface area contributed by atoms with E-state index in [2.05, 4.69) is 21.3 Å². The molecule has 0 bridgehead atoms. The summed E-state index contributed by atoms with van der Waals surface area (Å²) in [5.41, 5.74) is 1.88. The molecule has 1 saturated carbocycles. The number of ether oxygens (including phenoxy) is 2. The van der Waals surface area contributed by atoms with Gasteiger partial charge in [-0.15, -0.1) is 0 Å². The van der Waals surface area contributed by atoms with E-state index in [0.29, 0.717) is 36.9 Å². The number of thiazole rings is 1. The molecule has 7 nitrogen and oxygen atoms in total. The van der Waals surface area contributed by atoms with Gasteiger partial charge in [0.05, 0.1) is 36.8 Å². The quantitative estimate of drug-likeness (QED) is 0.815. The lowest BCUT2D eigenvalue weighted by atomic mass is 10.0. The van der Waals surface area contributed by atoms with Crippen LogP contribution in [0.4, 0.5) is 10.8 Å². The number of aromatic nitrogens is 1. The van der Waals surface area contributed by atoms with Crippen molar-refractivity contribution in [1.82, 2.24) is 4.98 Å². The van der Waals surface area contributed by atoms with Crippen LogP contribution < -0.4 is 15.0 Å². The largest absolute Gasteiger partial charge is 0.494 e. The molecular formula is C19H25N3O4S. The highest BCUT2D eigenvalue weighted by atomic mass is 32.1. The van der Waals surface area contributed by atoms with Crippen molar-refractivity contribution in [2.45, 2.75) is 31.8 Å². The normalized spacial score (nSPS) is 23.0. The molecule has 2 aliphatic rings. The zero-order valence-electron chi connectivity index (χ0n) is 15.4. The van der Waals surface area contributed by atoms with E-state index in [1.165, 1.54) is 11.3 Å². The second-order valence-electron chi connectivity index (χ2n) is 7.17. The van der Waals surface area contributed by atoms with Crippen LogP contribution in [0, 0.1) is 5.92 Å². The summed E-state index contributed by atoms with van der Waals surface area (Å²) in [5, 5.41) is 13.2. The van der Waals surface area contributed by atoms with Crippen molar-refractivity contribution in [1.29, 1.82) is 0 Å². The topological polar surface area (TPSA) is 83.9 Å². The van der Waals surface area contributed by atoms with Crippen molar-refractivity contribution < 1.29 is 19.4 Å². The predicted octanol–water partition coefficient (Wildman–Crippen LogP) is 2.63. The van der Waals surface area contributed by atoms with Crippen molar-refractivity contribution in [3.63, 3.8) is 0 Å². The fraction of sp³-hybridized carbons (Fsp3) is 0.579. The molecule has 8 heteroatoms. The first kappa shape index (κ1) is 18.5. The third-order valence-electron chi connectivity index (χ3n) is 5.29. The lowest BCUT2D eigenvalue weighted by Crippen LogP contribution is -2.36. The summed E-state index contributed by atoms with van der Waals surface area (Å²) < 4.78 is 11.9. The van der Waals surface area contributed by atoms with E-state index in [9.17, 15) is 9.90 Å². The maximum absolute atomic E-state index is 12.4. The summed E-state index contributed by atoms with van der Waals surface area (Å²) in [7, 11) is 1.63. The van der Waals surface area contributed by atoms with Gasteiger partial charge in [0, 0.05) is 19.5 Å². The van der Waals surface area contributed by atoms with Crippen molar-refractivity contribution in [3.05, 3.63) is 12.1 Å². The van der Waals surface area contributed by atoms with Crippen LogP contribution in [0.2, 0.25) is 0 Å². The van der Waals surface area contributed by atoms with Gasteiger partial charge in [-0.25, -0.2) is 4.98 Å². The van der Waals surface area contributed by atoms with E-state index in [4.69, 9.17) is 9.47 Å². The van der Waals surface area contributed by atoms with Crippen molar-refractivity contribution in [3.8, 4) is 5.75 Å². The number of aliphatic hydroxyl groups excluding tert-OH is 1. The molecule has 0 radical (unpaired) electrons. The number of aliphatic hydroxyl groups is 1. The van der Waals surface area contributed by atoms with Gasteiger partial charge in [0.2, 0.25) is 5.91 Å². The van der Waals surface area contributed by atoms with E-state index < -0.39 is 0 Å². The number of amides is 1. The molecule has 1 saturated heterocycles. The number of carbonyl (C=O) groups is 1. The predicted molar refractivity (Wildman–Crippen MR) is 106 cm³/mol. The number of nitrogens with zero attached hydrogens (tertiary/aromatic N) is 2. The average molecular weight is 391 g/mol. The van der Waals surface area contributed by atoms with E-state index >= 15 is 0 Å². The van der Waals surface area contributed by atoms with Crippen LogP contribution in [-0.2, 0) is 9.53 Å². The molecule has 1 amide bonds. The number of methoxy groups -OCH3 is 1. The summed E-state index contributed by atoms with van der Waals surface area (Å²) in [5.74, 6) is 0.922. The minimum absolute atomic E-state index is 0.0416. The Morgan fingerprint density at radius 1 is 1.41 bits per heavy atom. The monoisotopic (exact) mass is 391 g/mol. The highest BCUT2D eigenvalue weighted by Gasteiger charge is 2.25. The van der Waals surface area contributed by atoms with E-state index in [1.54, 1.807) is 7.11 Å². The van der Waals surface area contributed by atoms with E-state index in [-0.39, 0.29) is 17.9 Å². The summed E-state index contributed by atoms with van der Waals surface area (Å²) in [4.78, 5) is 19.3. The number of anilines is 2. The fourth-order valence-corrected chi connectivity index (χ4v) is 4.95. The highest BCUT2D eigenvalue weighted by Crippen LogP contribution is 2.39. The Balaban J connectivity index is 1.55. The third kappa shape index (κ3) is 4.02. The summed E-state index contributed by atoms with van der Waals surface area (Å²) in [6.07, 6.45) is 2.58. The first-order chi connectivity index (χ1) is 13.1. The second kappa shape index (κ2) is 8.00. The highest BCUT2D eigenvalue weighted by molar-refractivity contribution is 7.23. The Hall–Kier alpha value is -1.90. The number of hydrogen-bond acceptors (Lipinski definition) is 7. The molecule has 2 N–H and O–H groups in total. The molecule has 2 heterocycles. The second-order valence-corrected chi connectivity index (χ2v) is 8.17. The Morgan fingerprint density at radius 2 is 2.22 bits per heavy atom. The SMILES string of the molecule is COc1ccc(N2CCOCC2)c2sc(NC(=O)C[C@@H]3CC[C@H](O)C3)nc12. The van der Waals surface area contributed by atoms with E-state index in [1.807, 2.05) is 6.07 Å². The number of benzene rings is 1. The molecule has 2 fully saturated rings. The molecule has 2 aromatic rings. The Kier molecular flexibility index (Phi) is 5.47. The number of rotatable bonds is 5. The Morgan fingerprint density at radius 3 is 2.93 bits per heavy atom. The van der Waals surface area contributed by atoms with Gasteiger partial charge in [-0.3, -0.25) is 4.79 Å². The summed E-state index contributed by atoms with van der Waals surface area (Å²) >= 11 is 1.48.